The molecule has 1 aromatic rings. The van der Waals surface area contributed by atoms with Gasteiger partial charge in [0.2, 0.25) is 0 Å². The average Bonchev–Trinajstić information content (AvgIpc) is 2.27. The first kappa shape index (κ1) is 11.5. The highest BCUT2D eigenvalue weighted by Crippen LogP contribution is 2.30. The van der Waals surface area contributed by atoms with E-state index in [2.05, 4.69) is 6.58 Å². The molecule has 4 N–H and O–H groups in total. The largest absolute Gasteiger partial charge is 0.497 e. The molecule has 0 radical (unpaired) electrons. The molecule has 0 amide bonds. The predicted molar refractivity (Wildman–Crippen MR) is 64.6 cm³/mol. The van der Waals surface area contributed by atoms with E-state index in [1.807, 2.05) is 0 Å². The lowest BCUT2D eigenvalue weighted by atomic mass is 10.1. The predicted octanol–water partition coefficient (Wildman–Crippen LogP) is 2.33. The van der Waals surface area contributed by atoms with E-state index in [0.717, 1.165) is 0 Å². The molecule has 0 aromatic heterocycles. The number of ether oxygens (including phenoxy) is 1. The zero-order valence-corrected chi connectivity index (χ0v) is 9.21. The van der Waals surface area contributed by atoms with Crippen molar-refractivity contribution in [2.24, 2.45) is 5.73 Å². The summed E-state index contributed by atoms with van der Waals surface area (Å²) in [5.41, 5.74) is 13.0. The number of nitrogen functional groups attached to an aromatic ring is 1. The number of halogens is 1. The van der Waals surface area contributed by atoms with Gasteiger partial charge in [-0.2, -0.15) is 0 Å². The minimum atomic E-state index is 0.376. The Morgan fingerprint density at radius 1 is 1.53 bits per heavy atom. The van der Waals surface area contributed by atoms with E-state index >= 15 is 0 Å². The van der Waals surface area contributed by atoms with Crippen LogP contribution in [-0.2, 0) is 0 Å². The molecule has 0 atom stereocenters. The van der Waals surface area contributed by atoms with E-state index in [1.54, 1.807) is 25.3 Å². The molecule has 0 spiro atoms. The Labute approximate surface area is 94.0 Å². The molecule has 0 aliphatic carbocycles. The van der Waals surface area contributed by atoms with Crippen molar-refractivity contribution in [1.82, 2.24) is 0 Å². The topological polar surface area (TPSA) is 61.3 Å². The Bertz CT molecular complexity index is 413. The summed E-state index contributed by atoms with van der Waals surface area (Å²) in [4.78, 5) is 0. The van der Waals surface area contributed by atoms with Crippen molar-refractivity contribution in [3.63, 3.8) is 0 Å². The van der Waals surface area contributed by atoms with Crippen molar-refractivity contribution in [1.29, 1.82) is 0 Å². The van der Waals surface area contributed by atoms with Gasteiger partial charge in [-0.15, -0.1) is 0 Å². The quantitative estimate of drug-likeness (QED) is 0.612. The Balaban J connectivity index is 3.30. The minimum Gasteiger partial charge on any atom is -0.497 e. The average molecular weight is 225 g/mol. The molecule has 1 rings (SSSR count). The summed E-state index contributed by atoms with van der Waals surface area (Å²) in [5, 5.41) is 0.376. The third-order valence-electron chi connectivity index (χ3n) is 1.97. The standard InChI is InChI=1S/C11H13ClN2O/c1-3-9(13)11(12)8-6-7(15-2)4-5-10(8)14/h3-6H,1,13-14H2,2H3/b11-9-. The highest BCUT2D eigenvalue weighted by atomic mass is 35.5. The Morgan fingerprint density at radius 2 is 2.20 bits per heavy atom. The van der Waals surface area contributed by atoms with Gasteiger partial charge in [-0.05, 0) is 24.3 Å². The van der Waals surface area contributed by atoms with Crippen LogP contribution < -0.4 is 16.2 Å². The molecule has 0 saturated carbocycles. The van der Waals surface area contributed by atoms with Crippen LogP contribution in [0.5, 0.6) is 5.75 Å². The fourth-order valence-corrected chi connectivity index (χ4v) is 1.34. The highest BCUT2D eigenvalue weighted by molar-refractivity contribution is 6.50. The van der Waals surface area contributed by atoms with Gasteiger partial charge in [0.1, 0.15) is 5.75 Å². The van der Waals surface area contributed by atoms with Gasteiger partial charge in [-0.1, -0.05) is 18.2 Å². The lowest BCUT2D eigenvalue weighted by Gasteiger charge is -2.08. The number of benzene rings is 1. The lowest BCUT2D eigenvalue weighted by Crippen LogP contribution is -1.99. The van der Waals surface area contributed by atoms with E-state index < -0.39 is 0 Å². The maximum Gasteiger partial charge on any atom is 0.119 e. The third-order valence-corrected chi connectivity index (χ3v) is 2.39. The van der Waals surface area contributed by atoms with E-state index in [-0.39, 0.29) is 0 Å². The van der Waals surface area contributed by atoms with Gasteiger partial charge in [0.25, 0.3) is 0 Å². The van der Waals surface area contributed by atoms with Crippen molar-refractivity contribution >= 4 is 22.3 Å². The first-order valence-electron chi connectivity index (χ1n) is 4.31. The second-order valence-electron chi connectivity index (χ2n) is 2.93. The van der Waals surface area contributed by atoms with Gasteiger partial charge in [-0.3, -0.25) is 0 Å². The SMILES string of the molecule is C=C/C(N)=C(/Cl)c1cc(OC)ccc1N. The number of rotatable bonds is 3. The maximum absolute atomic E-state index is 6.04. The minimum absolute atomic E-state index is 0.376. The number of anilines is 1. The molecule has 4 heteroatoms. The molecule has 0 unspecified atom stereocenters. The molecule has 0 aliphatic rings. The van der Waals surface area contributed by atoms with Gasteiger partial charge >= 0.3 is 0 Å². The Morgan fingerprint density at radius 3 is 2.73 bits per heavy atom. The van der Waals surface area contributed by atoms with E-state index in [4.69, 9.17) is 27.8 Å². The monoisotopic (exact) mass is 224 g/mol. The Kier molecular flexibility index (Phi) is 3.63. The van der Waals surface area contributed by atoms with Crippen LogP contribution in [0.1, 0.15) is 5.56 Å². The summed E-state index contributed by atoms with van der Waals surface area (Å²) in [6, 6.07) is 5.20. The summed E-state index contributed by atoms with van der Waals surface area (Å²) in [6.07, 6.45) is 1.47. The maximum atomic E-state index is 6.04. The summed E-state index contributed by atoms with van der Waals surface area (Å²) in [5.74, 6) is 0.675. The number of hydrogen-bond acceptors (Lipinski definition) is 3. The second kappa shape index (κ2) is 4.75. The van der Waals surface area contributed by atoms with Gasteiger partial charge in [0, 0.05) is 11.3 Å². The van der Waals surface area contributed by atoms with Crippen LogP contribution in [0, 0.1) is 0 Å². The normalized spacial score (nSPS) is 11.9. The summed E-state index contributed by atoms with van der Waals surface area (Å²) in [6.45, 7) is 3.54. The molecule has 0 fully saturated rings. The van der Waals surface area contributed by atoms with Crippen molar-refractivity contribution in [3.8, 4) is 5.75 Å². The van der Waals surface area contributed by atoms with Gasteiger partial charge in [0.05, 0.1) is 17.8 Å². The summed E-state index contributed by atoms with van der Waals surface area (Å²) >= 11 is 6.04. The fourth-order valence-electron chi connectivity index (χ4n) is 1.10. The second-order valence-corrected chi connectivity index (χ2v) is 3.30. The molecule has 80 valence electrons. The fraction of sp³-hybridized carbons (Fsp3) is 0.0909. The molecule has 1 aromatic carbocycles. The summed E-state index contributed by atoms with van der Waals surface area (Å²) < 4.78 is 5.07. The van der Waals surface area contributed by atoms with Crippen LogP contribution in [0.3, 0.4) is 0 Å². The zero-order chi connectivity index (χ0) is 11.4. The number of nitrogens with two attached hydrogens (primary N) is 2. The molecule has 0 saturated heterocycles. The molecule has 0 bridgehead atoms. The first-order chi connectivity index (χ1) is 7.10. The van der Waals surface area contributed by atoms with E-state index in [9.17, 15) is 0 Å². The molecule has 3 nitrogen and oxygen atoms in total. The first-order valence-corrected chi connectivity index (χ1v) is 4.69. The number of methoxy groups -OCH3 is 1. The van der Waals surface area contributed by atoms with Crippen LogP contribution >= 0.6 is 11.6 Å². The highest BCUT2D eigenvalue weighted by Gasteiger charge is 2.07. The van der Waals surface area contributed by atoms with Gasteiger partial charge < -0.3 is 16.2 Å². The van der Waals surface area contributed by atoms with Crippen molar-refractivity contribution in [2.45, 2.75) is 0 Å². The van der Waals surface area contributed by atoms with E-state index in [0.29, 0.717) is 27.7 Å². The van der Waals surface area contributed by atoms with Gasteiger partial charge in [-0.25, -0.2) is 0 Å². The zero-order valence-electron chi connectivity index (χ0n) is 8.46. The number of hydrogen-bond donors (Lipinski definition) is 2. The molecule has 0 heterocycles. The third kappa shape index (κ3) is 2.44. The van der Waals surface area contributed by atoms with Crippen molar-refractivity contribution < 1.29 is 4.74 Å². The van der Waals surface area contributed by atoms with Crippen molar-refractivity contribution in [2.75, 3.05) is 12.8 Å². The van der Waals surface area contributed by atoms with Crippen LogP contribution in [0.15, 0.2) is 36.6 Å². The van der Waals surface area contributed by atoms with Gasteiger partial charge in [0.15, 0.2) is 0 Å². The van der Waals surface area contributed by atoms with Crippen LogP contribution in [0.2, 0.25) is 0 Å². The van der Waals surface area contributed by atoms with E-state index in [1.165, 1.54) is 6.08 Å². The van der Waals surface area contributed by atoms with Crippen molar-refractivity contribution in [3.05, 3.63) is 42.1 Å². The van der Waals surface area contributed by atoms with Crippen LogP contribution in [-0.4, -0.2) is 7.11 Å². The molecule has 0 aliphatic heterocycles. The molecular weight excluding hydrogens is 212 g/mol. The Hall–Kier alpha value is -1.61. The number of allylic oxidation sites excluding steroid dienone is 1. The van der Waals surface area contributed by atoms with Crippen LogP contribution in [0.25, 0.3) is 5.03 Å². The lowest BCUT2D eigenvalue weighted by molar-refractivity contribution is 0.415. The van der Waals surface area contributed by atoms with Crippen LogP contribution in [0.4, 0.5) is 5.69 Å². The molecule has 15 heavy (non-hydrogen) atoms. The smallest absolute Gasteiger partial charge is 0.119 e. The molecular formula is C11H13ClN2O. The summed E-state index contributed by atoms with van der Waals surface area (Å²) in [7, 11) is 1.57.